The van der Waals surface area contributed by atoms with Crippen molar-refractivity contribution in [1.82, 2.24) is 0 Å². The molecule has 0 bridgehead atoms. The number of benzene rings is 2. The van der Waals surface area contributed by atoms with Crippen LogP contribution in [0.25, 0.3) is 0 Å². The minimum atomic E-state index is -0.976. The van der Waals surface area contributed by atoms with Crippen LogP contribution in [-0.2, 0) is 0 Å². The standard InChI is InChI=1S/C15H12BrClO3/c1-8-5-11(17)6-9(2)14(8)20-13-4-3-10(15(18)19)7-12(13)16/h3-7H,1-2H3,(H,18,19). The zero-order chi connectivity index (χ0) is 14.9. The fraction of sp³-hybridized carbons (Fsp3) is 0.133. The number of carboxylic acids is 1. The lowest BCUT2D eigenvalue weighted by atomic mass is 10.1. The minimum Gasteiger partial charge on any atom is -0.478 e. The van der Waals surface area contributed by atoms with Crippen LogP contribution in [0.5, 0.6) is 11.5 Å². The molecule has 2 rings (SSSR count). The van der Waals surface area contributed by atoms with E-state index < -0.39 is 5.97 Å². The topological polar surface area (TPSA) is 46.5 Å². The number of aromatic carboxylic acids is 1. The highest BCUT2D eigenvalue weighted by molar-refractivity contribution is 9.10. The van der Waals surface area contributed by atoms with Gasteiger partial charge in [0.15, 0.2) is 0 Å². The highest BCUT2D eigenvalue weighted by Gasteiger charge is 2.11. The van der Waals surface area contributed by atoms with E-state index in [4.69, 9.17) is 21.4 Å². The van der Waals surface area contributed by atoms with Gasteiger partial charge in [-0.2, -0.15) is 0 Å². The van der Waals surface area contributed by atoms with Crippen LogP contribution in [0, 0.1) is 13.8 Å². The van der Waals surface area contributed by atoms with Crippen molar-refractivity contribution < 1.29 is 14.6 Å². The summed E-state index contributed by atoms with van der Waals surface area (Å²) in [6.07, 6.45) is 0. The van der Waals surface area contributed by atoms with Crippen molar-refractivity contribution >= 4 is 33.5 Å². The van der Waals surface area contributed by atoms with Gasteiger partial charge in [0.1, 0.15) is 11.5 Å². The molecule has 20 heavy (non-hydrogen) atoms. The number of halogens is 2. The first kappa shape index (κ1) is 14.9. The second-order valence-electron chi connectivity index (χ2n) is 4.42. The summed E-state index contributed by atoms with van der Waals surface area (Å²) in [6.45, 7) is 3.82. The zero-order valence-electron chi connectivity index (χ0n) is 10.9. The third-order valence-corrected chi connectivity index (χ3v) is 3.65. The maximum absolute atomic E-state index is 10.9. The molecule has 2 aromatic carbocycles. The number of aryl methyl sites for hydroxylation is 2. The largest absolute Gasteiger partial charge is 0.478 e. The van der Waals surface area contributed by atoms with Crippen LogP contribution in [0.1, 0.15) is 21.5 Å². The predicted molar refractivity (Wildman–Crippen MR) is 82.1 cm³/mol. The van der Waals surface area contributed by atoms with Crippen LogP contribution in [0.3, 0.4) is 0 Å². The lowest BCUT2D eigenvalue weighted by Crippen LogP contribution is -1.97. The normalized spacial score (nSPS) is 10.4. The van der Waals surface area contributed by atoms with E-state index in [-0.39, 0.29) is 5.56 Å². The molecule has 0 spiro atoms. The smallest absolute Gasteiger partial charge is 0.335 e. The summed E-state index contributed by atoms with van der Waals surface area (Å²) in [6, 6.07) is 8.29. The number of carbonyl (C=O) groups is 1. The third-order valence-electron chi connectivity index (χ3n) is 2.82. The van der Waals surface area contributed by atoms with Crippen molar-refractivity contribution in [3.63, 3.8) is 0 Å². The zero-order valence-corrected chi connectivity index (χ0v) is 13.2. The first-order valence-electron chi connectivity index (χ1n) is 5.86. The Hall–Kier alpha value is -1.52. The molecule has 0 unspecified atom stereocenters. The lowest BCUT2D eigenvalue weighted by molar-refractivity contribution is 0.0697. The van der Waals surface area contributed by atoms with Crippen LogP contribution in [0.2, 0.25) is 5.02 Å². The fourth-order valence-electron chi connectivity index (χ4n) is 1.89. The van der Waals surface area contributed by atoms with Gasteiger partial charge < -0.3 is 9.84 Å². The highest BCUT2D eigenvalue weighted by atomic mass is 79.9. The Bertz CT molecular complexity index is 660. The van der Waals surface area contributed by atoms with E-state index in [2.05, 4.69) is 15.9 Å². The molecule has 0 aromatic heterocycles. The van der Waals surface area contributed by atoms with Gasteiger partial charge in [0.2, 0.25) is 0 Å². The molecular formula is C15H12BrClO3. The van der Waals surface area contributed by atoms with Crippen molar-refractivity contribution in [2.75, 3.05) is 0 Å². The average molecular weight is 356 g/mol. The van der Waals surface area contributed by atoms with Gasteiger partial charge in [-0.3, -0.25) is 0 Å². The quantitative estimate of drug-likeness (QED) is 0.822. The Balaban J connectivity index is 2.38. The van der Waals surface area contributed by atoms with Crippen LogP contribution in [0.4, 0.5) is 0 Å². The van der Waals surface area contributed by atoms with Crippen molar-refractivity contribution in [2.45, 2.75) is 13.8 Å². The maximum atomic E-state index is 10.9. The number of carboxylic acid groups (broad SMARTS) is 1. The lowest BCUT2D eigenvalue weighted by Gasteiger charge is -2.13. The number of hydrogen-bond donors (Lipinski definition) is 1. The number of hydrogen-bond acceptors (Lipinski definition) is 2. The van der Waals surface area contributed by atoms with Gasteiger partial charge in [-0.1, -0.05) is 11.6 Å². The molecule has 1 N–H and O–H groups in total. The second-order valence-corrected chi connectivity index (χ2v) is 5.71. The minimum absolute atomic E-state index is 0.203. The van der Waals surface area contributed by atoms with Crippen LogP contribution < -0.4 is 4.74 Å². The van der Waals surface area contributed by atoms with Gasteiger partial charge in [-0.05, 0) is 71.2 Å². The van der Waals surface area contributed by atoms with Crippen molar-refractivity contribution in [3.8, 4) is 11.5 Å². The van der Waals surface area contributed by atoms with Gasteiger partial charge in [0.05, 0.1) is 10.0 Å². The molecular weight excluding hydrogens is 344 g/mol. The predicted octanol–water partition coefficient (Wildman–Crippen LogP) is 5.21. The number of rotatable bonds is 3. The molecule has 0 radical (unpaired) electrons. The van der Waals surface area contributed by atoms with Gasteiger partial charge in [-0.25, -0.2) is 4.79 Å². The maximum Gasteiger partial charge on any atom is 0.335 e. The van der Waals surface area contributed by atoms with Gasteiger partial charge in [0.25, 0.3) is 0 Å². The third kappa shape index (κ3) is 3.14. The van der Waals surface area contributed by atoms with Crippen LogP contribution >= 0.6 is 27.5 Å². The summed E-state index contributed by atoms with van der Waals surface area (Å²) in [5.74, 6) is 0.304. The molecule has 0 aliphatic rings. The summed E-state index contributed by atoms with van der Waals surface area (Å²) < 4.78 is 6.45. The molecule has 0 saturated carbocycles. The fourth-order valence-corrected chi connectivity index (χ4v) is 2.67. The Morgan fingerprint density at radius 1 is 1.20 bits per heavy atom. The average Bonchev–Trinajstić information content (AvgIpc) is 2.34. The van der Waals surface area contributed by atoms with Gasteiger partial charge in [0, 0.05) is 5.02 Å². The van der Waals surface area contributed by atoms with E-state index in [0.717, 1.165) is 16.9 Å². The summed E-state index contributed by atoms with van der Waals surface area (Å²) in [5.41, 5.74) is 2.04. The Labute approximate surface area is 130 Å². The molecule has 0 amide bonds. The summed E-state index contributed by atoms with van der Waals surface area (Å²) in [7, 11) is 0. The molecule has 0 saturated heterocycles. The van der Waals surface area contributed by atoms with E-state index in [1.54, 1.807) is 6.07 Å². The molecule has 0 fully saturated rings. The molecule has 5 heteroatoms. The van der Waals surface area contributed by atoms with E-state index in [1.807, 2.05) is 26.0 Å². The summed E-state index contributed by atoms with van der Waals surface area (Å²) >= 11 is 9.30. The van der Waals surface area contributed by atoms with E-state index in [1.165, 1.54) is 12.1 Å². The van der Waals surface area contributed by atoms with Crippen molar-refractivity contribution in [1.29, 1.82) is 0 Å². The molecule has 0 aliphatic heterocycles. The van der Waals surface area contributed by atoms with Crippen molar-refractivity contribution in [3.05, 3.63) is 56.5 Å². The van der Waals surface area contributed by atoms with E-state index in [0.29, 0.717) is 15.2 Å². The Morgan fingerprint density at radius 3 is 2.30 bits per heavy atom. The first-order chi connectivity index (χ1) is 9.38. The molecule has 0 atom stereocenters. The van der Waals surface area contributed by atoms with Crippen LogP contribution in [-0.4, -0.2) is 11.1 Å². The molecule has 2 aromatic rings. The summed E-state index contributed by atoms with van der Waals surface area (Å²) in [5, 5.41) is 9.59. The van der Waals surface area contributed by atoms with Gasteiger partial charge >= 0.3 is 5.97 Å². The molecule has 104 valence electrons. The van der Waals surface area contributed by atoms with E-state index in [9.17, 15) is 4.79 Å². The van der Waals surface area contributed by atoms with E-state index >= 15 is 0 Å². The molecule has 0 heterocycles. The Morgan fingerprint density at radius 2 is 1.80 bits per heavy atom. The monoisotopic (exact) mass is 354 g/mol. The van der Waals surface area contributed by atoms with Crippen molar-refractivity contribution in [2.24, 2.45) is 0 Å². The molecule has 0 aliphatic carbocycles. The SMILES string of the molecule is Cc1cc(Cl)cc(C)c1Oc1ccc(C(=O)O)cc1Br. The highest BCUT2D eigenvalue weighted by Crippen LogP contribution is 2.35. The molecule has 3 nitrogen and oxygen atoms in total. The van der Waals surface area contributed by atoms with Crippen LogP contribution in [0.15, 0.2) is 34.8 Å². The first-order valence-corrected chi connectivity index (χ1v) is 7.03. The second kappa shape index (κ2) is 5.85. The summed E-state index contributed by atoms with van der Waals surface area (Å²) in [4.78, 5) is 10.9. The number of ether oxygens (including phenoxy) is 1. The van der Waals surface area contributed by atoms with Gasteiger partial charge in [-0.15, -0.1) is 0 Å². The Kier molecular flexibility index (Phi) is 4.35.